The highest BCUT2D eigenvalue weighted by molar-refractivity contribution is 7.92. The Morgan fingerprint density at radius 1 is 1.45 bits per heavy atom. The molecule has 0 saturated carbocycles. The smallest absolute Gasteiger partial charge is 0.345 e. The lowest BCUT2D eigenvalue weighted by atomic mass is 10.4. The maximum Gasteiger partial charge on any atom is 0.345 e. The van der Waals surface area contributed by atoms with Gasteiger partial charge in [0.2, 0.25) is 5.88 Å². The minimum absolute atomic E-state index is 0.0433. The van der Waals surface area contributed by atoms with Crippen molar-refractivity contribution in [2.75, 3.05) is 11.8 Å². The summed E-state index contributed by atoms with van der Waals surface area (Å²) in [4.78, 5) is 14.5. The maximum absolute atomic E-state index is 12.0. The summed E-state index contributed by atoms with van der Waals surface area (Å²) in [5, 5.41) is 10.0. The summed E-state index contributed by atoms with van der Waals surface area (Å²) in [5.74, 6) is -0.806. The number of carbonyl (C=O) groups is 1. The van der Waals surface area contributed by atoms with E-state index in [4.69, 9.17) is 9.84 Å². The lowest BCUT2D eigenvalue weighted by Crippen LogP contribution is -2.12. The molecule has 20 heavy (non-hydrogen) atoms. The molecule has 0 radical (unpaired) electrons. The normalized spacial score (nSPS) is 11.1. The Kier molecular flexibility index (Phi) is 3.91. The molecule has 9 heteroatoms. The monoisotopic (exact) mass is 314 g/mol. The molecule has 0 bridgehead atoms. The number of methoxy groups -OCH3 is 1. The topological polar surface area (TPSA) is 106 Å². The summed E-state index contributed by atoms with van der Waals surface area (Å²) in [7, 11) is -2.38. The first-order valence-electron chi connectivity index (χ1n) is 5.27. The number of anilines is 1. The second-order valence-electron chi connectivity index (χ2n) is 3.65. The number of carboxylic acids is 1. The Hall–Kier alpha value is -2.13. The van der Waals surface area contributed by atoms with Crippen molar-refractivity contribution in [2.45, 2.75) is 4.90 Å². The van der Waals surface area contributed by atoms with E-state index in [1.165, 1.54) is 30.8 Å². The summed E-state index contributed by atoms with van der Waals surface area (Å²) in [6.45, 7) is 0. The number of hydrogen-bond donors (Lipinski definition) is 2. The van der Waals surface area contributed by atoms with Crippen molar-refractivity contribution in [3.05, 3.63) is 34.7 Å². The van der Waals surface area contributed by atoms with E-state index >= 15 is 0 Å². The molecule has 2 aromatic heterocycles. The number of aromatic carboxylic acids is 1. The van der Waals surface area contributed by atoms with Crippen LogP contribution in [0.4, 0.5) is 5.69 Å². The lowest BCUT2D eigenvalue weighted by Gasteiger charge is -2.06. The molecule has 2 aromatic rings. The largest absolute Gasteiger partial charge is 0.481 e. The first kappa shape index (κ1) is 14.3. The van der Waals surface area contributed by atoms with Crippen LogP contribution in [0.2, 0.25) is 0 Å². The van der Waals surface area contributed by atoms with Crippen LogP contribution >= 0.6 is 11.3 Å². The van der Waals surface area contributed by atoms with Crippen LogP contribution in [0.15, 0.2) is 34.7 Å². The van der Waals surface area contributed by atoms with Crippen molar-refractivity contribution in [2.24, 2.45) is 0 Å². The Morgan fingerprint density at radius 3 is 2.70 bits per heavy atom. The van der Waals surface area contributed by atoms with E-state index in [0.717, 1.165) is 17.4 Å². The van der Waals surface area contributed by atoms with Gasteiger partial charge >= 0.3 is 5.97 Å². The van der Waals surface area contributed by atoms with Crippen LogP contribution in [0, 0.1) is 0 Å². The van der Waals surface area contributed by atoms with Crippen molar-refractivity contribution in [1.82, 2.24) is 4.98 Å². The van der Waals surface area contributed by atoms with E-state index in [2.05, 4.69) is 9.71 Å². The zero-order valence-electron chi connectivity index (χ0n) is 10.2. The van der Waals surface area contributed by atoms with Crippen molar-refractivity contribution in [1.29, 1.82) is 0 Å². The minimum atomic E-state index is -3.83. The highest BCUT2D eigenvalue weighted by Crippen LogP contribution is 2.22. The van der Waals surface area contributed by atoms with Crippen LogP contribution in [0.1, 0.15) is 9.67 Å². The summed E-state index contributed by atoms with van der Waals surface area (Å²) in [6, 6.07) is 4.11. The molecule has 0 aromatic carbocycles. The molecule has 0 saturated heterocycles. The highest BCUT2D eigenvalue weighted by atomic mass is 32.2. The van der Waals surface area contributed by atoms with Crippen LogP contribution in [0.5, 0.6) is 5.88 Å². The predicted octanol–water partition coefficient (Wildman–Crippen LogP) is 1.65. The van der Waals surface area contributed by atoms with Crippen LogP contribution in [-0.4, -0.2) is 31.6 Å². The molecule has 2 N–H and O–H groups in total. The number of carboxylic acid groups (broad SMARTS) is 1. The quantitative estimate of drug-likeness (QED) is 0.869. The van der Waals surface area contributed by atoms with Gasteiger partial charge in [-0.25, -0.2) is 18.2 Å². The number of hydrogen-bond acceptors (Lipinski definition) is 6. The van der Waals surface area contributed by atoms with Gasteiger partial charge in [0.1, 0.15) is 4.88 Å². The SMILES string of the molecule is COc1ccc(NS(=O)(=O)c2csc(C(=O)O)c2)cn1. The second kappa shape index (κ2) is 5.47. The molecule has 2 heterocycles. The fourth-order valence-corrected chi connectivity index (χ4v) is 3.50. The highest BCUT2D eigenvalue weighted by Gasteiger charge is 2.18. The second-order valence-corrected chi connectivity index (χ2v) is 6.24. The Morgan fingerprint density at radius 2 is 2.20 bits per heavy atom. The van der Waals surface area contributed by atoms with E-state index in [1.54, 1.807) is 0 Å². The molecule has 0 aliphatic rings. The summed E-state index contributed by atoms with van der Waals surface area (Å²) >= 11 is 0.847. The summed E-state index contributed by atoms with van der Waals surface area (Å²) in [6.07, 6.45) is 1.31. The van der Waals surface area contributed by atoms with E-state index in [-0.39, 0.29) is 15.5 Å². The Bertz CT molecular complexity index is 722. The number of sulfonamides is 1. The van der Waals surface area contributed by atoms with Gasteiger partial charge < -0.3 is 9.84 Å². The van der Waals surface area contributed by atoms with Crippen LogP contribution < -0.4 is 9.46 Å². The van der Waals surface area contributed by atoms with Crippen LogP contribution in [0.3, 0.4) is 0 Å². The maximum atomic E-state index is 12.0. The number of ether oxygens (including phenoxy) is 1. The summed E-state index contributed by atoms with van der Waals surface area (Å²) in [5.41, 5.74) is 0.258. The third kappa shape index (κ3) is 3.06. The van der Waals surface area contributed by atoms with Crippen molar-refractivity contribution < 1.29 is 23.1 Å². The van der Waals surface area contributed by atoms with Gasteiger partial charge in [0, 0.05) is 11.4 Å². The fraction of sp³-hybridized carbons (Fsp3) is 0.0909. The number of pyridine rings is 1. The molecule has 0 spiro atoms. The van der Waals surface area contributed by atoms with Gasteiger partial charge in [-0.1, -0.05) is 0 Å². The minimum Gasteiger partial charge on any atom is -0.481 e. The average molecular weight is 314 g/mol. The van der Waals surface area contributed by atoms with Crippen molar-refractivity contribution >= 4 is 33.0 Å². The molecule has 0 atom stereocenters. The van der Waals surface area contributed by atoms with Gasteiger partial charge in [-0.2, -0.15) is 0 Å². The summed E-state index contributed by atoms with van der Waals surface area (Å²) < 4.78 is 31.2. The molecule has 0 aliphatic carbocycles. The molecule has 0 fully saturated rings. The number of aromatic nitrogens is 1. The molecule has 7 nitrogen and oxygen atoms in total. The standard InChI is InChI=1S/C11H10N2O5S2/c1-18-10-3-2-7(5-12-10)13-20(16,17)8-4-9(11(14)15)19-6-8/h2-6,13H,1H3,(H,14,15). The van der Waals surface area contributed by atoms with E-state index in [9.17, 15) is 13.2 Å². The number of nitrogens with zero attached hydrogens (tertiary/aromatic N) is 1. The van der Waals surface area contributed by atoms with Gasteiger partial charge in [-0.3, -0.25) is 4.72 Å². The van der Waals surface area contributed by atoms with Gasteiger partial charge in [-0.15, -0.1) is 11.3 Å². The molecular weight excluding hydrogens is 304 g/mol. The Balaban J connectivity index is 2.23. The first-order valence-corrected chi connectivity index (χ1v) is 7.63. The zero-order valence-corrected chi connectivity index (χ0v) is 11.9. The Labute approximate surface area is 118 Å². The average Bonchev–Trinajstić information content (AvgIpc) is 2.90. The molecule has 2 rings (SSSR count). The fourth-order valence-electron chi connectivity index (χ4n) is 1.35. The molecule has 0 amide bonds. The molecule has 0 aliphatic heterocycles. The van der Waals surface area contributed by atoms with Crippen LogP contribution in [-0.2, 0) is 10.0 Å². The van der Waals surface area contributed by atoms with E-state index in [0.29, 0.717) is 5.88 Å². The zero-order chi connectivity index (χ0) is 14.8. The van der Waals surface area contributed by atoms with Gasteiger partial charge in [0.25, 0.3) is 10.0 Å². The molecule has 106 valence electrons. The van der Waals surface area contributed by atoms with Crippen molar-refractivity contribution in [3.63, 3.8) is 0 Å². The first-order chi connectivity index (χ1) is 9.42. The predicted molar refractivity (Wildman–Crippen MR) is 72.9 cm³/mol. The number of nitrogens with one attached hydrogen (secondary N) is 1. The third-order valence-electron chi connectivity index (χ3n) is 2.29. The van der Waals surface area contributed by atoms with Gasteiger partial charge in [0.05, 0.1) is 23.9 Å². The van der Waals surface area contributed by atoms with Crippen LogP contribution in [0.25, 0.3) is 0 Å². The van der Waals surface area contributed by atoms with Gasteiger partial charge in [0.15, 0.2) is 0 Å². The number of thiophene rings is 1. The van der Waals surface area contributed by atoms with Gasteiger partial charge in [-0.05, 0) is 12.1 Å². The molecule has 0 unspecified atom stereocenters. The third-order valence-corrected chi connectivity index (χ3v) is 4.72. The lowest BCUT2D eigenvalue weighted by molar-refractivity contribution is 0.0702. The van der Waals surface area contributed by atoms with Crippen molar-refractivity contribution in [3.8, 4) is 5.88 Å². The molecular formula is C11H10N2O5S2. The van der Waals surface area contributed by atoms with E-state index < -0.39 is 16.0 Å². The number of rotatable bonds is 5. The van der Waals surface area contributed by atoms with E-state index in [1.807, 2.05) is 0 Å².